The van der Waals surface area contributed by atoms with Gasteiger partial charge in [0.25, 0.3) is 5.56 Å². The van der Waals surface area contributed by atoms with E-state index in [1.807, 2.05) is 38.1 Å². The topological polar surface area (TPSA) is 70.4 Å². The van der Waals surface area contributed by atoms with Gasteiger partial charge in [0.2, 0.25) is 0 Å². The summed E-state index contributed by atoms with van der Waals surface area (Å²) >= 11 is 1.53. The molecule has 0 aliphatic heterocycles. The van der Waals surface area contributed by atoms with Crippen LogP contribution in [-0.4, -0.2) is 28.7 Å². The lowest BCUT2D eigenvalue weighted by Gasteiger charge is -2.21. The molecule has 2 heterocycles. The number of esters is 1. The van der Waals surface area contributed by atoms with Crippen LogP contribution in [0.15, 0.2) is 29.1 Å². The predicted molar refractivity (Wildman–Crippen MR) is 118 cm³/mol. The molecule has 0 bridgehead atoms. The quantitative estimate of drug-likeness (QED) is 0.554. The predicted octanol–water partition coefficient (Wildman–Crippen LogP) is 4.14. The number of fused-ring (bicyclic) bond motifs is 3. The van der Waals surface area contributed by atoms with Crippen LogP contribution in [-0.2, 0) is 22.5 Å². The summed E-state index contributed by atoms with van der Waals surface area (Å²) in [4.78, 5) is 32.5. The first-order valence-corrected chi connectivity index (χ1v) is 11.2. The number of hydrogen-bond donors (Lipinski definition) is 0. The molecule has 7 heteroatoms. The highest BCUT2D eigenvalue weighted by molar-refractivity contribution is 7.18. The summed E-state index contributed by atoms with van der Waals surface area (Å²) in [7, 11) is 0. The maximum absolute atomic E-state index is 13.4. The average Bonchev–Trinajstić information content (AvgIpc) is 3.10. The summed E-state index contributed by atoms with van der Waals surface area (Å²) in [6.45, 7) is 6.78. The van der Waals surface area contributed by atoms with Crippen LogP contribution in [0, 0.1) is 13.8 Å². The van der Waals surface area contributed by atoms with Gasteiger partial charge in [-0.25, -0.2) is 4.98 Å². The molecule has 1 aliphatic carbocycles. The molecule has 0 saturated heterocycles. The average molecular weight is 427 g/mol. The molecule has 30 heavy (non-hydrogen) atoms. The summed E-state index contributed by atoms with van der Waals surface area (Å²) in [6, 6.07) is 7.83. The third-order valence-corrected chi connectivity index (χ3v) is 6.70. The van der Waals surface area contributed by atoms with Crippen molar-refractivity contribution >= 4 is 27.5 Å². The van der Waals surface area contributed by atoms with E-state index < -0.39 is 0 Å². The highest BCUT2D eigenvalue weighted by Crippen LogP contribution is 2.41. The number of rotatable bonds is 6. The summed E-state index contributed by atoms with van der Waals surface area (Å²) in [6.07, 6.45) is 2.50. The molecule has 2 aromatic heterocycles. The highest BCUT2D eigenvalue weighted by atomic mass is 32.1. The van der Waals surface area contributed by atoms with E-state index in [1.54, 1.807) is 11.5 Å². The van der Waals surface area contributed by atoms with Gasteiger partial charge in [-0.05, 0) is 57.7 Å². The smallest absolute Gasteiger partial charge is 0.313 e. The first-order chi connectivity index (χ1) is 14.5. The SMILES string of the molecule is CCOC(=O)C1CCCc2sc3nc(C)n(CCOc4ccc(C)cc4)c(=O)c3c21. The zero-order valence-corrected chi connectivity index (χ0v) is 18.4. The summed E-state index contributed by atoms with van der Waals surface area (Å²) in [5, 5.41) is 0.577. The van der Waals surface area contributed by atoms with Gasteiger partial charge in [-0.1, -0.05) is 17.7 Å². The molecule has 0 fully saturated rings. The fourth-order valence-corrected chi connectivity index (χ4v) is 5.36. The lowest BCUT2D eigenvalue weighted by atomic mass is 9.86. The van der Waals surface area contributed by atoms with E-state index >= 15 is 0 Å². The third-order valence-electron chi connectivity index (χ3n) is 5.54. The zero-order chi connectivity index (χ0) is 21.3. The van der Waals surface area contributed by atoms with Crippen molar-refractivity contribution in [3.63, 3.8) is 0 Å². The molecule has 1 aromatic carbocycles. The fraction of sp³-hybridized carbons (Fsp3) is 0.435. The number of aryl methyl sites for hydroxylation is 3. The Kier molecular flexibility index (Phi) is 5.90. The second kappa shape index (κ2) is 8.60. The minimum Gasteiger partial charge on any atom is -0.492 e. The number of hydrogen-bond acceptors (Lipinski definition) is 6. The summed E-state index contributed by atoms with van der Waals surface area (Å²) < 4.78 is 12.8. The molecule has 1 atom stereocenters. The molecule has 158 valence electrons. The van der Waals surface area contributed by atoms with E-state index in [0.717, 1.165) is 33.9 Å². The Labute approximate surface area is 179 Å². The second-order valence-electron chi connectivity index (χ2n) is 7.59. The number of thiophene rings is 1. The van der Waals surface area contributed by atoms with Gasteiger partial charge in [-0.3, -0.25) is 14.2 Å². The van der Waals surface area contributed by atoms with Crippen LogP contribution < -0.4 is 10.3 Å². The maximum atomic E-state index is 13.4. The Morgan fingerprint density at radius 2 is 2.03 bits per heavy atom. The van der Waals surface area contributed by atoms with Crippen LogP contribution in [0.25, 0.3) is 10.2 Å². The van der Waals surface area contributed by atoms with Crippen molar-refractivity contribution in [3.8, 4) is 5.75 Å². The molecule has 3 aromatic rings. The zero-order valence-electron chi connectivity index (χ0n) is 17.6. The van der Waals surface area contributed by atoms with Crippen molar-refractivity contribution in [1.29, 1.82) is 0 Å². The molecule has 0 radical (unpaired) electrons. The van der Waals surface area contributed by atoms with Crippen molar-refractivity contribution in [3.05, 3.63) is 56.4 Å². The maximum Gasteiger partial charge on any atom is 0.313 e. The van der Waals surface area contributed by atoms with Crippen molar-refractivity contribution < 1.29 is 14.3 Å². The van der Waals surface area contributed by atoms with E-state index in [9.17, 15) is 9.59 Å². The fourth-order valence-electron chi connectivity index (χ4n) is 4.05. The Morgan fingerprint density at radius 1 is 1.27 bits per heavy atom. The van der Waals surface area contributed by atoms with Crippen molar-refractivity contribution in [2.75, 3.05) is 13.2 Å². The molecule has 6 nitrogen and oxygen atoms in total. The van der Waals surface area contributed by atoms with Crippen molar-refractivity contribution in [2.24, 2.45) is 0 Å². The summed E-state index contributed by atoms with van der Waals surface area (Å²) in [5.41, 5.74) is 1.91. The molecule has 1 aliphatic rings. The Balaban J connectivity index is 1.66. The van der Waals surface area contributed by atoms with Gasteiger partial charge in [-0.15, -0.1) is 11.3 Å². The first-order valence-electron chi connectivity index (χ1n) is 10.4. The first kappa shape index (κ1) is 20.6. The summed E-state index contributed by atoms with van der Waals surface area (Å²) in [5.74, 6) is 0.811. The Morgan fingerprint density at radius 3 is 2.77 bits per heavy atom. The Hall–Kier alpha value is -2.67. The third kappa shape index (κ3) is 3.86. The van der Waals surface area contributed by atoms with Crippen LogP contribution in [0.1, 0.15) is 47.5 Å². The standard InChI is InChI=1S/C23H26N2O4S/c1-4-28-23(27)17-6-5-7-18-19(17)20-21(30-18)24-15(3)25(22(20)26)12-13-29-16-10-8-14(2)9-11-16/h8-11,17H,4-7,12-13H2,1-3H3. The van der Waals surface area contributed by atoms with E-state index in [1.165, 1.54) is 16.9 Å². The molecule has 0 saturated carbocycles. The van der Waals surface area contributed by atoms with E-state index in [0.29, 0.717) is 37.4 Å². The second-order valence-corrected chi connectivity index (χ2v) is 8.68. The molecule has 1 unspecified atom stereocenters. The molecule has 0 spiro atoms. The molecule has 4 rings (SSSR count). The van der Waals surface area contributed by atoms with Crippen LogP contribution >= 0.6 is 11.3 Å². The van der Waals surface area contributed by atoms with Crippen molar-refractivity contribution in [1.82, 2.24) is 9.55 Å². The molecule has 0 amide bonds. The number of benzene rings is 1. The number of nitrogens with zero attached hydrogens (tertiary/aromatic N) is 2. The normalized spacial score (nSPS) is 15.8. The van der Waals surface area contributed by atoms with Gasteiger partial charge >= 0.3 is 5.97 Å². The van der Waals surface area contributed by atoms with E-state index in [2.05, 4.69) is 0 Å². The molecular formula is C23H26N2O4S. The molecule has 0 N–H and O–H groups in total. The van der Waals surface area contributed by atoms with Gasteiger partial charge in [0.15, 0.2) is 0 Å². The van der Waals surface area contributed by atoms with E-state index in [4.69, 9.17) is 14.5 Å². The van der Waals surface area contributed by atoms with Crippen LogP contribution in [0.3, 0.4) is 0 Å². The van der Waals surface area contributed by atoms with Crippen LogP contribution in [0.2, 0.25) is 0 Å². The van der Waals surface area contributed by atoms with Gasteiger partial charge in [0, 0.05) is 4.88 Å². The minimum atomic E-state index is -0.378. The number of carbonyl (C=O) groups excluding carboxylic acids is 1. The van der Waals surface area contributed by atoms with Crippen molar-refractivity contribution in [2.45, 2.75) is 52.5 Å². The van der Waals surface area contributed by atoms with Gasteiger partial charge < -0.3 is 9.47 Å². The molecular weight excluding hydrogens is 400 g/mol. The highest BCUT2D eigenvalue weighted by Gasteiger charge is 2.33. The Bertz CT molecular complexity index is 1130. The van der Waals surface area contributed by atoms with Gasteiger partial charge in [-0.2, -0.15) is 0 Å². The number of carbonyl (C=O) groups is 1. The van der Waals surface area contributed by atoms with Gasteiger partial charge in [0.05, 0.1) is 24.5 Å². The minimum absolute atomic E-state index is 0.0984. The van der Waals surface area contributed by atoms with E-state index in [-0.39, 0.29) is 17.4 Å². The van der Waals surface area contributed by atoms with Gasteiger partial charge in [0.1, 0.15) is 23.0 Å². The monoisotopic (exact) mass is 426 g/mol. The number of ether oxygens (including phenoxy) is 2. The number of aromatic nitrogens is 2. The van der Waals surface area contributed by atoms with Crippen LogP contribution in [0.5, 0.6) is 5.75 Å². The van der Waals surface area contributed by atoms with Crippen LogP contribution in [0.4, 0.5) is 0 Å². The lowest BCUT2D eigenvalue weighted by molar-refractivity contribution is -0.145. The largest absolute Gasteiger partial charge is 0.492 e. The lowest BCUT2D eigenvalue weighted by Crippen LogP contribution is -2.28.